The van der Waals surface area contributed by atoms with E-state index in [1.54, 1.807) is 6.20 Å². The summed E-state index contributed by atoms with van der Waals surface area (Å²) in [6.45, 7) is 0. The molecule has 6 heteroatoms. The number of benzene rings is 1. The first-order valence-electron chi connectivity index (χ1n) is 6.87. The Kier molecular flexibility index (Phi) is 3.51. The van der Waals surface area contributed by atoms with Gasteiger partial charge >= 0.3 is 5.97 Å². The average molecular weight is 285 g/mol. The van der Waals surface area contributed by atoms with Crippen LogP contribution in [-0.4, -0.2) is 33.0 Å². The van der Waals surface area contributed by atoms with E-state index in [9.17, 15) is 14.7 Å². The molecule has 1 aromatic heterocycles. The number of hydrogen-bond donors (Lipinski definition) is 2. The van der Waals surface area contributed by atoms with Crippen LogP contribution in [0.15, 0.2) is 30.5 Å². The first-order chi connectivity index (χ1) is 10.1. The number of nitrogens with zero attached hydrogens (tertiary/aromatic N) is 2. The van der Waals surface area contributed by atoms with E-state index >= 15 is 0 Å². The van der Waals surface area contributed by atoms with Crippen molar-refractivity contribution in [2.24, 2.45) is 5.92 Å². The molecular formula is C15H15N3O3. The van der Waals surface area contributed by atoms with Crippen LogP contribution in [0.1, 0.15) is 18.5 Å². The lowest BCUT2D eigenvalue weighted by Gasteiger charge is -2.14. The minimum Gasteiger partial charge on any atom is -0.480 e. The number of carbonyl (C=O) groups is 2. The molecule has 1 atom stereocenters. The highest BCUT2D eigenvalue weighted by molar-refractivity contribution is 5.86. The van der Waals surface area contributed by atoms with Crippen LogP contribution in [0.4, 0.5) is 0 Å². The molecule has 2 aromatic rings. The second kappa shape index (κ2) is 5.47. The first kappa shape index (κ1) is 13.5. The molecule has 1 saturated carbocycles. The van der Waals surface area contributed by atoms with Gasteiger partial charge in [-0.1, -0.05) is 12.1 Å². The summed E-state index contributed by atoms with van der Waals surface area (Å²) in [5.74, 6) is -1.26. The largest absolute Gasteiger partial charge is 0.480 e. The maximum Gasteiger partial charge on any atom is 0.326 e. The lowest BCUT2D eigenvalue weighted by molar-refractivity contribution is -0.142. The monoisotopic (exact) mass is 285 g/mol. The van der Waals surface area contributed by atoms with Crippen LogP contribution in [0.3, 0.4) is 0 Å². The standard InChI is InChI=1S/C15H15N3O3/c19-14(9-5-6-9)18-13(15(20)21)7-10-8-16-11-3-1-2-4-12(11)17-10/h1-4,8-9,13H,5-7H2,(H,18,19)(H,20,21)/t13-/m0/s1. The van der Waals surface area contributed by atoms with Crippen LogP contribution in [0.25, 0.3) is 11.0 Å². The van der Waals surface area contributed by atoms with Crippen molar-refractivity contribution >= 4 is 22.9 Å². The molecule has 1 fully saturated rings. The molecule has 0 spiro atoms. The van der Waals surface area contributed by atoms with Crippen molar-refractivity contribution in [1.82, 2.24) is 15.3 Å². The maximum atomic E-state index is 11.7. The number of hydrogen-bond acceptors (Lipinski definition) is 4. The fourth-order valence-electron chi connectivity index (χ4n) is 2.14. The van der Waals surface area contributed by atoms with E-state index in [1.807, 2.05) is 24.3 Å². The van der Waals surface area contributed by atoms with Crippen molar-refractivity contribution in [3.63, 3.8) is 0 Å². The zero-order valence-electron chi connectivity index (χ0n) is 11.3. The molecule has 0 bridgehead atoms. The summed E-state index contributed by atoms with van der Waals surface area (Å²) in [7, 11) is 0. The third-order valence-corrected chi connectivity index (χ3v) is 3.47. The fraction of sp³-hybridized carbons (Fsp3) is 0.333. The molecule has 108 valence electrons. The van der Waals surface area contributed by atoms with Crippen LogP contribution >= 0.6 is 0 Å². The van der Waals surface area contributed by atoms with Gasteiger partial charge in [0.15, 0.2) is 0 Å². The molecule has 1 amide bonds. The van der Waals surface area contributed by atoms with Crippen LogP contribution in [0.2, 0.25) is 0 Å². The molecule has 1 aliphatic carbocycles. The molecule has 21 heavy (non-hydrogen) atoms. The zero-order valence-corrected chi connectivity index (χ0v) is 11.3. The van der Waals surface area contributed by atoms with Gasteiger partial charge in [-0.15, -0.1) is 0 Å². The lowest BCUT2D eigenvalue weighted by atomic mass is 10.1. The number of rotatable bonds is 5. The summed E-state index contributed by atoms with van der Waals surface area (Å²) in [5, 5.41) is 11.8. The minimum atomic E-state index is -1.06. The first-order valence-corrected chi connectivity index (χ1v) is 6.87. The van der Waals surface area contributed by atoms with E-state index in [0.717, 1.165) is 18.4 Å². The number of amides is 1. The Morgan fingerprint density at radius 3 is 2.67 bits per heavy atom. The lowest BCUT2D eigenvalue weighted by Crippen LogP contribution is -2.43. The highest BCUT2D eigenvalue weighted by atomic mass is 16.4. The van der Waals surface area contributed by atoms with Gasteiger partial charge in [-0.3, -0.25) is 9.78 Å². The van der Waals surface area contributed by atoms with E-state index < -0.39 is 12.0 Å². The number of carboxylic acids is 1. The van der Waals surface area contributed by atoms with E-state index in [1.165, 1.54) is 0 Å². The van der Waals surface area contributed by atoms with Crippen LogP contribution < -0.4 is 5.32 Å². The Labute approximate surface area is 121 Å². The van der Waals surface area contributed by atoms with Gasteiger partial charge in [0.25, 0.3) is 0 Å². The van der Waals surface area contributed by atoms with E-state index in [2.05, 4.69) is 15.3 Å². The predicted molar refractivity (Wildman–Crippen MR) is 75.5 cm³/mol. The molecular weight excluding hydrogens is 270 g/mol. The summed E-state index contributed by atoms with van der Waals surface area (Å²) in [5.41, 5.74) is 2.03. The Bertz CT molecular complexity index is 697. The maximum absolute atomic E-state index is 11.7. The molecule has 0 aliphatic heterocycles. The Balaban J connectivity index is 1.76. The molecule has 2 N–H and O–H groups in total. The normalized spacial score (nSPS) is 15.6. The van der Waals surface area contributed by atoms with Gasteiger partial charge in [-0.25, -0.2) is 9.78 Å². The number of carbonyl (C=O) groups excluding carboxylic acids is 1. The van der Waals surface area contributed by atoms with Gasteiger partial charge in [-0.2, -0.15) is 0 Å². The average Bonchev–Trinajstić information content (AvgIpc) is 3.31. The molecule has 3 rings (SSSR count). The number of para-hydroxylation sites is 2. The smallest absolute Gasteiger partial charge is 0.326 e. The molecule has 1 heterocycles. The summed E-state index contributed by atoms with van der Waals surface area (Å²) in [4.78, 5) is 31.6. The second-order valence-corrected chi connectivity index (χ2v) is 5.23. The molecule has 1 aromatic carbocycles. The highest BCUT2D eigenvalue weighted by Gasteiger charge is 2.32. The quantitative estimate of drug-likeness (QED) is 0.859. The summed E-state index contributed by atoms with van der Waals surface area (Å²) < 4.78 is 0. The number of nitrogens with one attached hydrogen (secondary N) is 1. The van der Waals surface area contributed by atoms with Crippen molar-refractivity contribution in [1.29, 1.82) is 0 Å². The van der Waals surface area contributed by atoms with Gasteiger partial charge in [-0.05, 0) is 25.0 Å². The van der Waals surface area contributed by atoms with E-state index in [0.29, 0.717) is 11.2 Å². The third kappa shape index (κ3) is 3.16. The Morgan fingerprint density at radius 1 is 1.29 bits per heavy atom. The summed E-state index contributed by atoms with van der Waals surface area (Å²) in [6.07, 6.45) is 3.37. The van der Waals surface area contributed by atoms with Gasteiger partial charge < -0.3 is 10.4 Å². The Hall–Kier alpha value is -2.50. The molecule has 6 nitrogen and oxygen atoms in total. The molecule has 0 unspecified atom stereocenters. The Morgan fingerprint density at radius 2 is 2.00 bits per heavy atom. The number of fused-ring (bicyclic) bond motifs is 1. The second-order valence-electron chi connectivity index (χ2n) is 5.23. The van der Waals surface area contributed by atoms with E-state index in [-0.39, 0.29) is 18.2 Å². The van der Waals surface area contributed by atoms with Crippen LogP contribution in [0.5, 0.6) is 0 Å². The summed E-state index contributed by atoms with van der Waals surface area (Å²) >= 11 is 0. The van der Waals surface area contributed by atoms with Crippen LogP contribution in [-0.2, 0) is 16.0 Å². The molecule has 0 radical (unpaired) electrons. The van der Waals surface area contributed by atoms with Crippen molar-refractivity contribution < 1.29 is 14.7 Å². The van der Waals surface area contributed by atoms with Crippen molar-refractivity contribution in [3.8, 4) is 0 Å². The van der Waals surface area contributed by atoms with Crippen molar-refractivity contribution in [2.45, 2.75) is 25.3 Å². The summed E-state index contributed by atoms with van der Waals surface area (Å²) in [6, 6.07) is 6.42. The zero-order chi connectivity index (χ0) is 14.8. The topological polar surface area (TPSA) is 92.2 Å². The van der Waals surface area contributed by atoms with Gasteiger partial charge in [0.2, 0.25) is 5.91 Å². The molecule has 0 saturated heterocycles. The minimum absolute atomic E-state index is 0.0189. The van der Waals surface area contributed by atoms with Crippen molar-refractivity contribution in [2.75, 3.05) is 0 Å². The van der Waals surface area contributed by atoms with Crippen molar-refractivity contribution in [3.05, 3.63) is 36.2 Å². The van der Waals surface area contributed by atoms with Crippen LogP contribution in [0, 0.1) is 5.92 Å². The molecule has 1 aliphatic rings. The highest BCUT2D eigenvalue weighted by Crippen LogP contribution is 2.29. The van der Waals surface area contributed by atoms with Gasteiger partial charge in [0.1, 0.15) is 6.04 Å². The predicted octanol–water partition coefficient (Wildman–Crippen LogP) is 1.15. The van der Waals surface area contributed by atoms with E-state index in [4.69, 9.17) is 0 Å². The third-order valence-electron chi connectivity index (χ3n) is 3.47. The fourth-order valence-corrected chi connectivity index (χ4v) is 2.14. The van der Waals surface area contributed by atoms with Gasteiger partial charge in [0, 0.05) is 18.5 Å². The SMILES string of the molecule is O=C(N[C@@H](Cc1cnc2ccccc2n1)C(=O)O)C1CC1. The van der Waals surface area contributed by atoms with Gasteiger partial charge in [0.05, 0.1) is 16.7 Å². The number of aromatic nitrogens is 2. The number of aliphatic carboxylic acids is 1. The number of carboxylic acid groups (broad SMARTS) is 1.